The van der Waals surface area contributed by atoms with E-state index in [2.05, 4.69) is 28.5 Å². The minimum atomic E-state index is -0.336. The number of tetrazole rings is 1. The molecule has 2 aromatic carbocycles. The van der Waals surface area contributed by atoms with E-state index in [0.717, 1.165) is 17.1 Å². The maximum absolute atomic E-state index is 13.4. The zero-order chi connectivity index (χ0) is 18.1. The summed E-state index contributed by atoms with van der Waals surface area (Å²) in [5, 5.41) is 9.23. The molecule has 2 heterocycles. The van der Waals surface area contributed by atoms with E-state index in [-0.39, 0.29) is 5.82 Å². The molecule has 0 aliphatic heterocycles. The van der Waals surface area contributed by atoms with Crippen LogP contribution < -0.4 is 4.90 Å². The third kappa shape index (κ3) is 3.41. The summed E-state index contributed by atoms with van der Waals surface area (Å²) in [6, 6.07) is 14.2. The van der Waals surface area contributed by atoms with Crippen LogP contribution in [0.25, 0.3) is 15.9 Å². The summed E-state index contributed by atoms with van der Waals surface area (Å²) in [7, 11) is 2.05. The molecule has 0 spiro atoms. The van der Waals surface area contributed by atoms with Gasteiger partial charge in [0.25, 0.3) is 0 Å². The molecule has 0 saturated heterocycles. The average molecular weight is 387 g/mol. The van der Waals surface area contributed by atoms with Gasteiger partial charge < -0.3 is 4.90 Å². The van der Waals surface area contributed by atoms with Crippen molar-refractivity contribution < 1.29 is 9.29 Å². The van der Waals surface area contributed by atoms with Crippen molar-refractivity contribution in [3.63, 3.8) is 0 Å². The summed E-state index contributed by atoms with van der Waals surface area (Å²) in [5.74, 6) is -0.336. The van der Waals surface area contributed by atoms with Crippen LogP contribution in [-0.2, 0) is 13.2 Å². The third-order valence-electron chi connectivity index (χ3n) is 3.90. The molecular formula is C17H16FN6S2+. The molecule has 0 aliphatic rings. The summed E-state index contributed by atoms with van der Waals surface area (Å²) in [5.41, 5.74) is 1.58. The van der Waals surface area contributed by atoms with Gasteiger partial charge in [-0.25, -0.2) is 9.37 Å². The Bertz CT molecular complexity index is 1080. The largest absolute Gasteiger partial charge is 0.313 e. The number of halogens is 1. The van der Waals surface area contributed by atoms with Gasteiger partial charge in [0.1, 0.15) is 17.4 Å². The van der Waals surface area contributed by atoms with E-state index in [9.17, 15) is 4.39 Å². The molecular weight excluding hydrogens is 371 g/mol. The van der Waals surface area contributed by atoms with Gasteiger partial charge in [0.05, 0.1) is 23.0 Å². The van der Waals surface area contributed by atoms with Crippen LogP contribution in [0.4, 0.5) is 4.39 Å². The number of aromatic nitrogens is 5. The van der Waals surface area contributed by atoms with Gasteiger partial charge >= 0.3 is 0 Å². The number of rotatable bonds is 5. The molecule has 6 nitrogen and oxygen atoms in total. The predicted octanol–water partition coefficient (Wildman–Crippen LogP) is 2.22. The maximum Gasteiger partial charge on any atom is 0.225 e. The first-order chi connectivity index (χ1) is 12.6. The smallest absolute Gasteiger partial charge is 0.225 e. The highest BCUT2D eigenvalue weighted by molar-refractivity contribution is 7.71. The average Bonchev–Trinajstić information content (AvgIpc) is 3.18. The van der Waals surface area contributed by atoms with Gasteiger partial charge in [0, 0.05) is 0 Å². The van der Waals surface area contributed by atoms with Gasteiger partial charge in [0.15, 0.2) is 6.67 Å². The Morgan fingerprint density at radius 1 is 1.15 bits per heavy atom. The highest BCUT2D eigenvalue weighted by atomic mass is 32.1. The Kier molecular flexibility index (Phi) is 4.58. The highest BCUT2D eigenvalue weighted by Crippen LogP contribution is 2.20. The molecule has 132 valence electrons. The van der Waals surface area contributed by atoms with Crippen molar-refractivity contribution in [2.75, 3.05) is 7.05 Å². The second-order valence-electron chi connectivity index (χ2n) is 6.02. The number of hydrogen-bond donors (Lipinski definition) is 1. The topological polar surface area (TPSA) is 53.0 Å². The molecule has 0 saturated carbocycles. The van der Waals surface area contributed by atoms with E-state index < -0.39 is 0 Å². The summed E-state index contributed by atoms with van der Waals surface area (Å²) in [6.07, 6.45) is 0. The van der Waals surface area contributed by atoms with Crippen LogP contribution >= 0.6 is 23.6 Å². The fourth-order valence-corrected chi connectivity index (χ4v) is 4.03. The number of quaternary nitrogens is 1. The third-order valence-corrected chi connectivity index (χ3v) is 5.32. The molecule has 0 amide bonds. The van der Waals surface area contributed by atoms with Crippen LogP contribution in [0.2, 0.25) is 0 Å². The van der Waals surface area contributed by atoms with Crippen molar-refractivity contribution in [2.24, 2.45) is 0 Å². The Labute approximate surface area is 158 Å². The first-order valence-corrected chi connectivity index (χ1v) is 9.27. The van der Waals surface area contributed by atoms with Crippen molar-refractivity contribution >= 4 is 33.8 Å². The first kappa shape index (κ1) is 17.0. The SMILES string of the molecule is C[NH+](Cc1nc2ccccc2s1)Cn1nnn(-c2cccc(F)c2)c1=S. The number of benzene rings is 2. The summed E-state index contributed by atoms with van der Waals surface area (Å²) in [6.45, 7) is 1.30. The summed E-state index contributed by atoms with van der Waals surface area (Å²) in [4.78, 5) is 5.83. The lowest BCUT2D eigenvalue weighted by Gasteiger charge is -2.11. The number of hydrogen-bond acceptors (Lipinski definition) is 5. The second kappa shape index (κ2) is 7.02. The van der Waals surface area contributed by atoms with Gasteiger partial charge in [-0.05, 0) is 53.0 Å². The van der Waals surface area contributed by atoms with E-state index in [1.807, 2.05) is 18.2 Å². The van der Waals surface area contributed by atoms with Gasteiger partial charge in [-0.3, -0.25) is 0 Å². The normalized spacial score (nSPS) is 12.5. The van der Waals surface area contributed by atoms with Crippen LogP contribution in [0.15, 0.2) is 48.5 Å². The number of para-hydroxylation sites is 1. The van der Waals surface area contributed by atoms with E-state index in [0.29, 0.717) is 17.1 Å². The molecule has 4 rings (SSSR count). The Morgan fingerprint density at radius 2 is 2.00 bits per heavy atom. The molecule has 0 radical (unpaired) electrons. The van der Waals surface area contributed by atoms with Crippen LogP contribution in [0.5, 0.6) is 0 Å². The lowest BCUT2D eigenvalue weighted by Crippen LogP contribution is -3.07. The van der Waals surface area contributed by atoms with E-state index >= 15 is 0 Å². The molecule has 4 aromatic rings. The van der Waals surface area contributed by atoms with Crippen molar-refractivity contribution in [1.29, 1.82) is 0 Å². The first-order valence-electron chi connectivity index (χ1n) is 8.04. The van der Waals surface area contributed by atoms with Crippen molar-refractivity contribution in [3.05, 3.63) is 64.1 Å². The standard InChI is InChI=1S/C17H15FN6S2/c1-22(10-16-19-14-7-2-3-8-15(14)26-16)11-23-17(25)24(21-20-23)13-6-4-5-12(18)9-13/h2-9H,10-11H2,1H3/p+1. The van der Waals surface area contributed by atoms with Gasteiger partial charge in [-0.1, -0.05) is 18.2 Å². The zero-order valence-corrected chi connectivity index (χ0v) is 15.6. The highest BCUT2D eigenvalue weighted by Gasteiger charge is 2.13. The van der Waals surface area contributed by atoms with E-state index in [4.69, 9.17) is 12.2 Å². The molecule has 0 fully saturated rings. The van der Waals surface area contributed by atoms with Crippen molar-refractivity contribution in [2.45, 2.75) is 13.2 Å². The molecule has 2 aromatic heterocycles. The molecule has 1 unspecified atom stereocenters. The van der Waals surface area contributed by atoms with Gasteiger partial charge in [0.2, 0.25) is 4.77 Å². The van der Waals surface area contributed by atoms with Gasteiger partial charge in [-0.2, -0.15) is 9.36 Å². The summed E-state index contributed by atoms with van der Waals surface area (Å²) < 4.78 is 18.1. The fraction of sp³-hybridized carbons (Fsp3) is 0.176. The van der Waals surface area contributed by atoms with Crippen LogP contribution in [-0.4, -0.2) is 31.8 Å². The maximum atomic E-state index is 13.4. The minimum absolute atomic E-state index is 0.336. The minimum Gasteiger partial charge on any atom is -0.313 e. The lowest BCUT2D eigenvalue weighted by molar-refractivity contribution is -0.917. The lowest BCUT2D eigenvalue weighted by atomic mass is 10.3. The van der Waals surface area contributed by atoms with E-state index in [1.165, 1.54) is 26.4 Å². The second-order valence-corrected chi connectivity index (χ2v) is 7.50. The Hall–Kier alpha value is -2.49. The molecule has 1 atom stereocenters. The summed E-state index contributed by atoms with van der Waals surface area (Å²) >= 11 is 7.13. The molecule has 0 bridgehead atoms. The van der Waals surface area contributed by atoms with Crippen molar-refractivity contribution in [3.8, 4) is 5.69 Å². The predicted molar refractivity (Wildman–Crippen MR) is 100 cm³/mol. The van der Waals surface area contributed by atoms with Crippen LogP contribution in [0, 0.1) is 10.6 Å². The number of nitrogens with one attached hydrogen (secondary N) is 1. The number of thiazole rings is 1. The van der Waals surface area contributed by atoms with Crippen molar-refractivity contribution in [1.82, 2.24) is 24.8 Å². The van der Waals surface area contributed by atoms with Crippen LogP contribution in [0.3, 0.4) is 0 Å². The zero-order valence-electron chi connectivity index (χ0n) is 14.0. The fourth-order valence-electron chi connectivity index (χ4n) is 2.71. The molecule has 0 aliphatic carbocycles. The number of nitrogens with zero attached hydrogens (tertiary/aromatic N) is 5. The number of fused-ring (bicyclic) bond motifs is 1. The van der Waals surface area contributed by atoms with E-state index in [1.54, 1.807) is 28.2 Å². The quantitative estimate of drug-likeness (QED) is 0.534. The monoisotopic (exact) mass is 387 g/mol. The van der Waals surface area contributed by atoms with Gasteiger partial charge in [-0.15, -0.1) is 11.3 Å². The molecule has 9 heteroatoms. The Balaban J connectivity index is 1.51. The molecule has 26 heavy (non-hydrogen) atoms. The molecule has 1 N–H and O–H groups in total. The Morgan fingerprint density at radius 3 is 2.81 bits per heavy atom. The van der Waals surface area contributed by atoms with Crippen LogP contribution in [0.1, 0.15) is 5.01 Å².